The maximum Gasteiger partial charge on any atom is 0.273 e. The summed E-state index contributed by atoms with van der Waals surface area (Å²) in [6, 6.07) is 7.20. The van der Waals surface area contributed by atoms with Gasteiger partial charge in [-0.1, -0.05) is 17.4 Å². The molecule has 1 aromatic carbocycles. The van der Waals surface area contributed by atoms with Crippen LogP contribution in [0.3, 0.4) is 0 Å². The predicted molar refractivity (Wildman–Crippen MR) is 86.2 cm³/mol. The zero-order chi connectivity index (χ0) is 16.1. The van der Waals surface area contributed by atoms with Crippen LogP contribution in [0.25, 0.3) is 0 Å². The number of aromatic nitrogens is 1. The molecule has 0 atom stereocenters. The van der Waals surface area contributed by atoms with Crippen molar-refractivity contribution in [1.82, 2.24) is 9.88 Å². The fourth-order valence-corrected chi connectivity index (χ4v) is 2.79. The van der Waals surface area contributed by atoms with Gasteiger partial charge in [-0.25, -0.2) is 4.98 Å². The second kappa shape index (κ2) is 7.43. The molecule has 0 radical (unpaired) electrons. The first kappa shape index (κ1) is 15.8. The van der Waals surface area contributed by atoms with Gasteiger partial charge in [-0.15, -0.1) is 0 Å². The highest BCUT2D eigenvalue weighted by molar-refractivity contribution is 7.11. The van der Waals surface area contributed by atoms with Crippen molar-refractivity contribution >= 4 is 17.2 Å². The van der Waals surface area contributed by atoms with E-state index in [9.17, 15) is 4.79 Å². The van der Waals surface area contributed by atoms with E-state index in [4.69, 9.17) is 14.2 Å². The van der Waals surface area contributed by atoms with Crippen LogP contribution in [0, 0.1) is 0 Å². The topological polar surface area (TPSA) is 60.9 Å². The molecule has 3 rings (SSSR count). The highest BCUT2D eigenvalue weighted by Crippen LogP contribution is 2.22. The molecule has 1 aliphatic rings. The first-order chi connectivity index (χ1) is 11.3. The van der Waals surface area contributed by atoms with Crippen LogP contribution in [0.1, 0.15) is 10.4 Å². The maximum atomic E-state index is 12.4. The molecular formula is C16H18N2O4S. The summed E-state index contributed by atoms with van der Waals surface area (Å²) < 4.78 is 16.1. The van der Waals surface area contributed by atoms with Gasteiger partial charge in [-0.3, -0.25) is 4.79 Å². The number of hydrogen-bond acceptors (Lipinski definition) is 6. The number of carbonyl (C=O) groups is 1. The van der Waals surface area contributed by atoms with Crippen molar-refractivity contribution in [1.29, 1.82) is 0 Å². The lowest BCUT2D eigenvalue weighted by atomic mass is 10.1. The first-order valence-electron chi connectivity index (χ1n) is 7.33. The quantitative estimate of drug-likeness (QED) is 0.726. The number of thiazole rings is 1. The number of methoxy groups -OCH3 is 1. The monoisotopic (exact) mass is 334 g/mol. The molecule has 1 saturated heterocycles. The Morgan fingerprint density at radius 2 is 2.26 bits per heavy atom. The van der Waals surface area contributed by atoms with Gasteiger partial charge < -0.3 is 19.1 Å². The van der Waals surface area contributed by atoms with Crippen LogP contribution in [0.5, 0.6) is 10.9 Å². The van der Waals surface area contributed by atoms with E-state index in [0.29, 0.717) is 42.8 Å². The van der Waals surface area contributed by atoms with E-state index in [1.54, 1.807) is 30.3 Å². The van der Waals surface area contributed by atoms with Crippen LogP contribution in [0.15, 0.2) is 35.8 Å². The van der Waals surface area contributed by atoms with Crippen molar-refractivity contribution < 1.29 is 19.0 Å². The van der Waals surface area contributed by atoms with Gasteiger partial charge >= 0.3 is 0 Å². The molecule has 23 heavy (non-hydrogen) atoms. The van der Waals surface area contributed by atoms with Crippen LogP contribution in [0.4, 0.5) is 0 Å². The molecule has 7 heteroatoms. The molecule has 2 aromatic rings. The molecule has 2 heterocycles. The van der Waals surface area contributed by atoms with Gasteiger partial charge in [0, 0.05) is 24.3 Å². The minimum absolute atomic E-state index is 0.0128. The molecule has 1 aliphatic heterocycles. The van der Waals surface area contributed by atoms with E-state index in [-0.39, 0.29) is 12.0 Å². The Morgan fingerprint density at radius 3 is 3.00 bits per heavy atom. The lowest BCUT2D eigenvalue weighted by molar-refractivity contribution is 0.0177. The van der Waals surface area contributed by atoms with Gasteiger partial charge in [-0.05, 0) is 18.2 Å². The van der Waals surface area contributed by atoms with Crippen LogP contribution in [-0.2, 0) is 4.74 Å². The zero-order valence-corrected chi connectivity index (χ0v) is 13.6. The van der Waals surface area contributed by atoms with E-state index in [1.165, 1.54) is 11.3 Å². The summed E-state index contributed by atoms with van der Waals surface area (Å²) in [5, 5.41) is 2.52. The molecule has 0 bridgehead atoms. The summed E-state index contributed by atoms with van der Waals surface area (Å²) in [6.45, 7) is 2.13. The Bertz CT molecular complexity index is 641. The lowest BCUT2D eigenvalue weighted by Gasteiger charge is -2.38. The molecule has 0 unspecified atom stereocenters. The van der Waals surface area contributed by atoms with E-state index < -0.39 is 0 Å². The molecule has 0 spiro atoms. The van der Waals surface area contributed by atoms with Gasteiger partial charge in [0.05, 0.1) is 19.7 Å². The van der Waals surface area contributed by atoms with E-state index in [2.05, 4.69) is 4.98 Å². The number of nitrogens with zero attached hydrogens (tertiary/aromatic N) is 2. The third-order valence-electron chi connectivity index (χ3n) is 3.45. The first-order valence-corrected chi connectivity index (χ1v) is 8.21. The van der Waals surface area contributed by atoms with Gasteiger partial charge in [-0.2, -0.15) is 0 Å². The summed E-state index contributed by atoms with van der Waals surface area (Å²) in [7, 11) is 1.62. The average Bonchev–Trinajstić information content (AvgIpc) is 3.04. The van der Waals surface area contributed by atoms with E-state index >= 15 is 0 Å². The molecule has 0 N–H and O–H groups in total. The van der Waals surface area contributed by atoms with Crippen LogP contribution >= 0.6 is 11.3 Å². The minimum atomic E-state index is -0.0128. The van der Waals surface area contributed by atoms with Gasteiger partial charge in [0.1, 0.15) is 18.5 Å². The van der Waals surface area contributed by atoms with Crippen LogP contribution in [0.2, 0.25) is 0 Å². The second-order valence-corrected chi connectivity index (χ2v) is 5.97. The molecule has 0 saturated carbocycles. The minimum Gasteiger partial charge on any atom is -0.491 e. The summed E-state index contributed by atoms with van der Waals surface area (Å²) in [4.78, 5) is 18.3. The standard InChI is InChI=1S/C16H18N2O4S/c1-20-6-7-21-13-4-2-3-12(9-13)15(19)18-10-14(11-18)22-16-17-5-8-23-16/h2-5,8-9,14H,6-7,10-11H2,1H3. The Morgan fingerprint density at radius 1 is 1.39 bits per heavy atom. The Hall–Kier alpha value is -2.12. The predicted octanol–water partition coefficient (Wildman–Crippen LogP) is 2.07. The van der Waals surface area contributed by atoms with Gasteiger partial charge in [0.2, 0.25) is 0 Å². The van der Waals surface area contributed by atoms with E-state index in [1.807, 2.05) is 17.5 Å². The number of rotatable bonds is 7. The number of benzene rings is 1. The normalized spacial score (nSPS) is 14.4. The number of amides is 1. The second-order valence-electron chi connectivity index (χ2n) is 5.12. The summed E-state index contributed by atoms with van der Waals surface area (Å²) in [5.41, 5.74) is 0.618. The third kappa shape index (κ3) is 4.00. The van der Waals surface area contributed by atoms with Crippen molar-refractivity contribution in [3.63, 3.8) is 0 Å². The van der Waals surface area contributed by atoms with Crippen molar-refractivity contribution in [2.24, 2.45) is 0 Å². The Labute approximate surface area is 138 Å². The van der Waals surface area contributed by atoms with Crippen molar-refractivity contribution in [2.45, 2.75) is 6.10 Å². The zero-order valence-electron chi connectivity index (χ0n) is 12.8. The lowest BCUT2D eigenvalue weighted by Crippen LogP contribution is -2.56. The molecule has 1 fully saturated rings. The maximum absolute atomic E-state index is 12.4. The van der Waals surface area contributed by atoms with E-state index in [0.717, 1.165) is 0 Å². The smallest absolute Gasteiger partial charge is 0.273 e. The third-order valence-corrected chi connectivity index (χ3v) is 4.11. The van der Waals surface area contributed by atoms with Crippen molar-refractivity contribution in [3.8, 4) is 10.9 Å². The highest BCUT2D eigenvalue weighted by Gasteiger charge is 2.33. The molecule has 0 aliphatic carbocycles. The summed E-state index contributed by atoms with van der Waals surface area (Å²) in [6.07, 6.45) is 1.72. The van der Waals surface area contributed by atoms with Crippen molar-refractivity contribution in [3.05, 3.63) is 41.4 Å². The molecule has 1 aromatic heterocycles. The Kier molecular flexibility index (Phi) is 5.09. The largest absolute Gasteiger partial charge is 0.491 e. The fraction of sp³-hybridized carbons (Fsp3) is 0.375. The molecule has 6 nitrogen and oxygen atoms in total. The van der Waals surface area contributed by atoms with Gasteiger partial charge in [0.25, 0.3) is 11.1 Å². The van der Waals surface area contributed by atoms with Gasteiger partial charge in [0.15, 0.2) is 0 Å². The van der Waals surface area contributed by atoms with Crippen LogP contribution < -0.4 is 9.47 Å². The summed E-state index contributed by atoms with van der Waals surface area (Å²) >= 11 is 1.45. The molecule has 122 valence electrons. The fourth-order valence-electron chi connectivity index (χ4n) is 2.23. The molecule has 1 amide bonds. The molecular weight excluding hydrogens is 316 g/mol. The number of ether oxygens (including phenoxy) is 3. The van der Waals surface area contributed by atoms with Crippen molar-refractivity contribution in [2.75, 3.05) is 33.4 Å². The highest BCUT2D eigenvalue weighted by atomic mass is 32.1. The number of carbonyl (C=O) groups excluding carboxylic acids is 1. The average molecular weight is 334 g/mol. The number of hydrogen-bond donors (Lipinski definition) is 0. The SMILES string of the molecule is COCCOc1cccc(C(=O)N2CC(Oc3nccs3)C2)c1. The van der Waals surface area contributed by atoms with Crippen LogP contribution in [-0.4, -0.2) is 55.3 Å². The number of likely N-dealkylation sites (tertiary alicyclic amines) is 1. The Balaban J connectivity index is 1.52. The summed E-state index contributed by atoms with van der Waals surface area (Å²) in [5.74, 6) is 0.658.